The number of ether oxygens (including phenoxy) is 6. The monoisotopic (exact) mass is 716 g/mol. The van der Waals surface area contributed by atoms with Crippen molar-refractivity contribution in [2.75, 3.05) is 7.11 Å². The lowest BCUT2D eigenvalue weighted by Gasteiger charge is -2.44. The van der Waals surface area contributed by atoms with Gasteiger partial charge in [0.05, 0.1) is 18.8 Å². The quantitative estimate of drug-likeness (QED) is 0.176. The highest BCUT2D eigenvalue weighted by Crippen LogP contribution is 2.60. The summed E-state index contributed by atoms with van der Waals surface area (Å²) in [6.45, 7) is 16.5. The summed E-state index contributed by atoms with van der Waals surface area (Å²) in [6.07, 6.45) is 7.75. The SMILES string of the molecule is C=C1CC[C@H](O[C@@H]2O[C@H](C(=O)OC)[C@@H](OC(C)=O)[C@H](OC(C)=O)[C@H]2OC(C)=O)C/C1=C/C=C1\CCC[C@]2(C)[C@@H]([C@H](C)CCCC(C)(C)O)CC[C@@H]12. The van der Waals surface area contributed by atoms with Crippen molar-refractivity contribution in [2.24, 2.45) is 23.2 Å². The van der Waals surface area contributed by atoms with Crippen molar-refractivity contribution in [3.05, 3.63) is 35.5 Å². The molecule has 286 valence electrons. The summed E-state index contributed by atoms with van der Waals surface area (Å²) in [5.41, 5.74) is 3.21. The van der Waals surface area contributed by atoms with Crippen LogP contribution in [0.15, 0.2) is 35.5 Å². The number of esters is 4. The van der Waals surface area contributed by atoms with Gasteiger partial charge in [-0.05, 0) is 100 Å². The van der Waals surface area contributed by atoms with Crippen molar-refractivity contribution in [3.8, 4) is 0 Å². The van der Waals surface area contributed by atoms with Crippen molar-refractivity contribution in [1.82, 2.24) is 0 Å². The Bertz CT molecular complexity index is 1360. The largest absolute Gasteiger partial charge is 0.467 e. The molecule has 0 aromatic rings. The first kappa shape index (κ1) is 40.7. The Hall–Kier alpha value is -3.02. The highest BCUT2D eigenvalue weighted by molar-refractivity contribution is 5.77. The summed E-state index contributed by atoms with van der Waals surface area (Å²) in [6, 6.07) is 0. The lowest BCUT2D eigenvalue weighted by atomic mass is 9.60. The van der Waals surface area contributed by atoms with E-state index in [0.717, 1.165) is 64.2 Å². The van der Waals surface area contributed by atoms with Gasteiger partial charge >= 0.3 is 23.9 Å². The first-order valence-corrected chi connectivity index (χ1v) is 18.6. The highest BCUT2D eigenvalue weighted by Gasteiger charge is 2.56. The van der Waals surface area contributed by atoms with Crippen LogP contribution >= 0.6 is 0 Å². The Kier molecular flexibility index (Phi) is 13.7. The number of rotatable bonds is 12. The van der Waals surface area contributed by atoms with Crippen LogP contribution in [0.3, 0.4) is 0 Å². The predicted molar refractivity (Wildman–Crippen MR) is 189 cm³/mol. The third-order valence-electron chi connectivity index (χ3n) is 11.5. The van der Waals surface area contributed by atoms with Crippen LogP contribution in [0.5, 0.6) is 0 Å². The van der Waals surface area contributed by atoms with E-state index in [4.69, 9.17) is 28.4 Å². The van der Waals surface area contributed by atoms with Crippen LogP contribution in [0.4, 0.5) is 0 Å². The van der Waals surface area contributed by atoms with Crippen molar-refractivity contribution >= 4 is 23.9 Å². The molecule has 1 aliphatic heterocycles. The number of allylic oxidation sites excluding steroid dienone is 4. The Morgan fingerprint density at radius 1 is 0.980 bits per heavy atom. The minimum atomic E-state index is -1.50. The summed E-state index contributed by atoms with van der Waals surface area (Å²) < 4.78 is 33.8. The summed E-state index contributed by atoms with van der Waals surface area (Å²) in [5, 5.41) is 10.2. The maximum atomic E-state index is 12.8. The Balaban J connectivity index is 1.53. The van der Waals surface area contributed by atoms with E-state index < -0.39 is 66.3 Å². The first-order chi connectivity index (χ1) is 23.9. The molecule has 0 unspecified atom stereocenters. The van der Waals surface area contributed by atoms with E-state index in [1.165, 1.54) is 31.8 Å². The molecule has 4 aliphatic rings. The van der Waals surface area contributed by atoms with Crippen molar-refractivity contribution in [2.45, 2.75) is 162 Å². The molecule has 3 saturated carbocycles. The Labute approximate surface area is 303 Å². The average molecular weight is 717 g/mol. The third-order valence-corrected chi connectivity index (χ3v) is 11.5. The molecule has 0 aromatic carbocycles. The van der Waals surface area contributed by atoms with E-state index in [0.29, 0.717) is 37.0 Å². The number of hydrogen-bond acceptors (Lipinski definition) is 11. The van der Waals surface area contributed by atoms with Gasteiger partial charge < -0.3 is 33.5 Å². The van der Waals surface area contributed by atoms with Crippen LogP contribution in [-0.4, -0.2) is 78.5 Å². The number of carbonyl (C=O) groups excluding carboxylic acids is 4. The standard InChI is InChI=1S/C40H60O11/c1-23-14-17-30(50-38-36(49-27(5)43)34(48-26(4)42)33(47-25(3)41)35(51-38)37(44)46-9)22-29(23)16-15-28-13-11-21-40(8)31(18-19-32(28)40)24(2)12-10-20-39(6,7)45/h15-16,24,30-36,38,45H,1,10-14,17-22H2,2-9H3/b28-15+,29-16-/t24-,30+,31-,32+,33+,34+,35+,36-,38-,40-/m1/s1. The highest BCUT2D eigenvalue weighted by atomic mass is 16.7. The first-order valence-electron chi connectivity index (χ1n) is 18.6. The molecule has 3 aliphatic carbocycles. The fourth-order valence-electron chi connectivity index (χ4n) is 9.15. The second-order valence-electron chi connectivity index (χ2n) is 16.0. The summed E-state index contributed by atoms with van der Waals surface area (Å²) >= 11 is 0. The second kappa shape index (κ2) is 17.2. The number of fused-ring (bicyclic) bond motifs is 1. The van der Waals surface area contributed by atoms with Crippen LogP contribution < -0.4 is 0 Å². The molecular formula is C40H60O11. The van der Waals surface area contributed by atoms with E-state index >= 15 is 0 Å². The van der Waals surface area contributed by atoms with E-state index in [1.807, 2.05) is 13.8 Å². The summed E-state index contributed by atoms with van der Waals surface area (Å²) in [4.78, 5) is 49.3. The molecule has 4 rings (SSSR count). The molecule has 1 heterocycles. The number of aliphatic hydroxyl groups is 1. The van der Waals surface area contributed by atoms with Gasteiger partial charge in [-0.15, -0.1) is 0 Å². The normalized spacial score (nSPS) is 34.8. The van der Waals surface area contributed by atoms with Gasteiger partial charge in [0.2, 0.25) is 0 Å². The maximum absolute atomic E-state index is 12.8. The van der Waals surface area contributed by atoms with Crippen LogP contribution in [0.2, 0.25) is 0 Å². The van der Waals surface area contributed by atoms with Gasteiger partial charge in [0.1, 0.15) is 0 Å². The van der Waals surface area contributed by atoms with E-state index in [-0.39, 0.29) is 5.41 Å². The Morgan fingerprint density at radius 2 is 1.63 bits per heavy atom. The molecule has 4 fully saturated rings. The van der Waals surface area contributed by atoms with E-state index in [2.05, 4.69) is 32.6 Å². The molecule has 11 heteroatoms. The number of methoxy groups -OCH3 is 1. The molecule has 0 bridgehead atoms. The van der Waals surface area contributed by atoms with Crippen LogP contribution in [-0.2, 0) is 47.6 Å². The average Bonchev–Trinajstić information content (AvgIpc) is 3.39. The molecule has 51 heavy (non-hydrogen) atoms. The topological polar surface area (TPSA) is 144 Å². The van der Waals surface area contributed by atoms with Gasteiger partial charge in [-0.1, -0.05) is 56.6 Å². The maximum Gasteiger partial charge on any atom is 0.339 e. The van der Waals surface area contributed by atoms with Gasteiger partial charge in [-0.3, -0.25) is 14.4 Å². The molecule has 0 amide bonds. The lowest BCUT2D eigenvalue weighted by molar-refractivity contribution is -0.310. The van der Waals surface area contributed by atoms with E-state index in [9.17, 15) is 24.3 Å². The zero-order valence-electron chi connectivity index (χ0n) is 31.9. The van der Waals surface area contributed by atoms with Gasteiger partial charge in [0.15, 0.2) is 30.7 Å². The molecule has 11 nitrogen and oxygen atoms in total. The fraction of sp³-hybridized carbons (Fsp3) is 0.750. The number of carbonyl (C=O) groups is 4. The third kappa shape index (κ3) is 10.3. The zero-order chi connectivity index (χ0) is 37.7. The van der Waals surface area contributed by atoms with Crippen molar-refractivity contribution in [1.29, 1.82) is 0 Å². The molecule has 0 spiro atoms. The van der Waals surface area contributed by atoms with Crippen LogP contribution in [0.25, 0.3) is 0 Å². The van der Waals surface area contributed by atoms with Gasteiger partial charge in [-0.25, -0.2) is 4.79 Å². The van der Waals surface area contributed by atoms with Gasteiger partial charge in [0, 0.05) is 20.8 Å². The van der Waals surface area contributed by atoms with Crippen molar-refractivity contribution in [3.63, 3.8) is 0 Å². The van der Waals surface area contributed by atoms with Gasteiger partial charge in [-0.2, -0.15) is 0 Å². The molecule has 0 aromatic heterocycles. The number of hydrogen-bond donors (Lipinski definition) is 1. The predicted octanol–water partition coefficient (Wildman–Crippen LogP) is 6.45. The molecule has 1 saturated heterocycles. The minimum Gasteiger partial charge on any atom is -0.467 e. The van der Waals surface area contributed by atoms with Crippen LogP contribution in [0.1, 0.15) is 119 Å². The second-order valence-corrected chi connectivity index (χ2v) is 16.0. The van der Waals surface area contributed by atoms with Crippen LogP contribution in [0, 0.1) is 23.2 Å². The molecule has 0 radical (unpaired) electrons. The molecule has 10 atom stereocenters. The zero-order valence-corrected chi connectivity index (χ0v) is 31.9. The fourth-order valence-corrected chi connectivity index (χ4v) is 9.15. The van der Waals surface area contributed by atoms with Gasteiger partial charge in [0.25, 0.3) is 0 Å². The summed E-state index contributed by atoms with van der Waals surface area (Å²) in [5.74, 6) is -1.26. The molecule has 1 N–H and O–H groups in total. The Morgan fingerprint density at radius 3 is 2.25 bits per heavy atom. The lowest BCUT2D eigenvalue weighted by Crippen LogP contribution is -2.64. The minimum absolute atomic E-state index is 0.259. The summed E-state index contributed by atoms with van der Waals surface area (Å²) in [7, 11) is 1.16. The molecular weight excluding hydrogens is 656 g/mol. The van der Waals surface area contributed by atoms with Crippen molar-refractivity contribution < 1.29 is 52.7 Å². The van der Waals surface area contributed by atoms with E-state index in [1.54, 1.807) is 0 Å². The smallest absolute Gasteiger partial charge is 0.339 e.